The number of furan rings is 1. The highest BCUT2D eigenvalue weighted by molar-refractivity contribution is 5.86. The molecule has 4 aromatic rings. The van der Waals surface area contributed by atoms with Crippen LogP contribution in [0, 0.1) is 19.7 Å². The van der Waals surface area contributed by atoms with Crippen molar-refractivity contribution in [1.82, 2.24) is 10.1 Å². The van der Waals surface area contributed by atoms with Gasteiger partial charge in [-0.1, -0.05) is 5.16 Å². The van der Waals surface area contributed by atoms with E-state index in [-0.39, 0.29) is 24.7 Å². The average molecular weight is 380 g/mol. The molecule has 0 N–H and O–H groups in total. The number of aromatic nitrogens is 2. The van der Waals surface area contributed by atoms with Crippen LogP contribution in [0.4, 0.5) is 4.39 Å². The Balaban J connectivity index is 1.40. The molecular formula is C21H17FN2O4. The highest BCUT2D eigenvalue weighted by Gasteiger charge is 2.15. The Hall–Kier alpha value is -3.48. The highest BCUT2D eigenvalue weighted by Crippen LogP contribution is 2.25. The summed E-state index contributed by atoms with van der Waals surface area (Å²) in [5.74, 6) is -0.310. The van der Waals surface area contributed by atoms with Gasteiger partial charge in [-0.3, -0.25) is 4.79 Å². The molecule has 28 heavy (non-hydrogen) atoms. The molecular weight excluding hydrogens is 363 g/mol. The second-order valence-electron chi connectivity index (χ2n) is 6.55. The lowest BCUT2D eigenvalue weighted by atomic mass is 10.0. The van der Waals surface area contributed by atoms with E-state index in [1.54, 1.807) is 18.4 Å². The number of ether oxygens (including phenoxy) is 1. The van der Waals surface area contributed by atoms with Crippen molar-refractivity contribution in [2.75, 3.05) is 0 Å². The van der Waals surface area contributed by atoms with Gasteiger partial charge in [0.05, 0.1) is 12.7 Å². The molecule has 0 fully saturated rings. The molecule has 2 aromatic heterocycles. The molecule has 7 heteroatoms. The highest BCUT2D eigenvalue weighted by atomic mass is 19.1. The number of benzene rings is 2. The Kier molecular flexibility index (Phi) is 4.65. The molecule has 0 aliphatic rings. The number of carbonyl (C=O) groups is 1. The summed E-state index contributed by atoms with van der Waals surface area (Å²) >= 11 is 0. The van der Waals surface area contributed by atoms with Crippen LogP contribution >= 0.6 is 0 Å². The van der Waals surface area contributed by atoms with E-state index in [1.807, 2.05) is 26.0 Å². The number of fused-ring (bicyclic) bond motifs is 1. The Morgan fingerprint density at radius 3 is 2.68 bits per heavy atom. The summed E-state index contributed by atoms with van der Waals surface area (Å²) in [6.07, 6.45) is 1.65. The molecule has 0 atom stereocenters. The molecule has 0 bridgehead atoms. The summed E-state index contributed by atoms with van der Waals surface area (Å²) in [6, 6.07) is 9.67. The molecule has 2 heterocycles. The van der Waals surface area contributed by atoms with Crippen LogP contribution in [0.1, 0.15) is 22.6 Å². The zero-order valence-electron chi connectivity index (χ0n) is 15.4. The first-order valence-corrected chi connectivity index (χ1v) is 8.71. The minimum atomic E-state index is -0.428. The van der Waals surface area contributed by atoms with Gasteiger partial charge in [0, 0.05) is 16.5 Å². The van der Waals surface area contributed by atoms with Gasteiger partial charge in [-0.25, -0.2) is 4.39 Å². The number of halogens is 1. The van der Waals surface area contributed by atoms with Gasteiger partial charge in [0.25, 0.3) is 5.89 Å². The number of hydrogen-bond donors (Lipinski definition) is 0. The Morgan fingerprint density at radius 1 is 1.14 bits per heavy atom. The van der Waals surface area contributed by atoms with Crippen molar-refractivity contribution in [2.45, 2.75) is 26.9 Å². The summed E-state index contributed by atoms with van der Waals surface area (Å²) in [5, 5.41) is 4.71. The maximum Gasteiger partial charge on any atom is 0.310 e. The number of esters is 1. The molecule has 2 aromatic carbocycles. The van der Waals surface area contributed by atoms with Crippen molar-refractivity contribution < 1.29 is 22.9 Å². The van der Waals surface area contributed by atoms with Gasteiger partial charge in [-0.15, -0.1) is 0 Å². The lowest BCUT2D eigenvalue weighted by Gasteiger charge is -2.02. The van der Waals surface area contributed by atoms with Crippen molar-refractivity contribution >= 4 is 16.9 Å². The summed E-state index contributed by atoms with van der Waals surface area (Å²) < 4.78 is 28.8. The molecule has 0 aliphatic carbocycles. The zero-order valence-corrected chi connectivity index (χ0v) is 15.4. The SMILES string of the molecule is Cc1cc2occ(CC(=O)OCc3nc(-c4ccc(F)cc4)no3)c2cc1C. The number of nitrogens with zero attached hydrogens (tertiary/aromatic N) is 2. The molecule has 0 saturated heterocycles. The Bertz CT molecular complexity index is 1150. The van der Waals surface area contributed by atoms with Crippen LogP contribution in [-0.4, -0.2) is 16.1 Å². The number of aryl methyl sites for hydroxylation is 2. The minimum absolute atomic E-state index is 0.0778. The van der Waals surface area contributed by atoms with E-state index < -0.39 is 5.97 Å². The van der Waals surface area contributed by atoms with Crippen LogP contribution in [0.25, 0.3) is 22.4 Å². The van der Waals surface area contributed by atoms with E-state index in [0.717, 1.165) is 27.7 Å². The van der Waals surface area contributed by atoms with Gasteiger partial charge in [-0.2, -0.15) is 4.98 Å². The van der Waals surface area contributed by atoms with Gasteiger partial charge in [0.15, 0.2) is 6.61 Å². The number of carbonyl (C=O) groups excluding carboxylic acids is 1. The van der Waals surface area contributed by atoms with Gasteiger partial charge in [0.2, 0.25) is 5.82 Å². The summed E-state index contributed by atoms with van der Waals surface area (Å²) in [5.41, 5.74) is 4.37. The van der Waals surface area contributed by atoms with Gasteiger partial charge in [-0.05, 0) is 61.4 Å². The standard InChI is InChI=1S/C21H17FN2O4/c1-12-7-17-15(10-26-18(17)8-13(12)2)9-20(25)27-11-19-23-21(24-28-19)14-3-5-16(22)6-4-14/h3-8,10H,9,11H2,1-2H3. The van der Waals surface area contributed by atoms with Crippen molar-refractivity contribution in [1.29, 1.82) is 0 Å². The van der Waals surface area contributed by atoms with Gasteiger partial charge < -0.3 is 13.7 Å². The van der Waals surface area contributed by atoms with E-state index in [0.29, 0.717) is 11.4 Å². The molecule has 0 amide bonds. The molecule has 0 spiro atoms. The fraction of sp³-hybridized carbons (Fsp3) is 0.190. The van der Waals surface area contributed by atoms with E-state index in [9.17, 15) is 9.18 Å². The molecule has 0 radical (unpaired) electrons. The monoisotopic (exact) mass is 380 g/mol. The predicted octanol–water partition coefficient (Wildman–Crippen LogP) is 4.52. The lowest BCUT2D eigenvalue weighted by molar-refractivity contribution is -0.144. The van der Waals surface area contributed by atoms with Crippen LogP contribution in [-0.2, 0) is 22.6 Å². The normalized spacial score (nSPS) is 11.1. The Labute approximate surface area is 159 Å². The fourth-order valence-electron chi connectivity index (χ4n) is 2.85. The van der Waals surface area contributed by atoms with E-state index in [1.165, 1.54) is 12.1 Å². The summed E-state index contributed by atoms with van der Waals surface area (Å²) in [6.45, 7) is 3.88. The van der Waals surface area contributed by atoms with Gasteiger partial charge >= 0.3 is 5.97 Å². The van der Waals surface area contributed by atoms with Crippen molar-refractivity contribution in [2.24, 2.45) is 0 Å². The van der Waals surface area contributed by atoms with E-state index in [2.05, 4.69) is 10.1 Å². The number of rotatable bonds is 5. The summed E-state index contributed by atoms with van der Waals surface area (Å²) in [4.78, 5) is 16.4. The van der Waals surface area contributed by atoms with Crippen LogP contribution < -0.4 is 0 Å². The molecule has 0 saturated carbocycles. The van der Waals surface area contributed by atoms with Crippen molar-refractivity contribution in [3.63, 3.8) is 0 Å². The third-order valence-electron chi connectivity index (χ3n) is 4.53. The molecule has 6 nitrogen and oxygen atoms in total. The van der Waals surface area contributed by atoms with Crippen LogP contribution in [0.5, 0.6) is 0 Å². The van der Waals surface area contributed by atoms with Crippen LogP contribution in [0.15, 0.2) is 51.6 Å². The lowest BCUT2D eigenvalue weighted by Crippen LogP contribution is -2.08. The van der Waals surface area contributed by atoms with Gasteiger partial charge in [0.1, 0.15) is 11.4 Å². The fourth-order valence-corrected chi connectivity index (χ4v) is 2.85. The minimum Gasteiger partial charge on any atom is -0.464 e. The third kappa shape index (κ3) is 3.64. The van der Waals surface area contributed by atoms with Crippen molar-refractivity contribution in [3.8, 4) is 11.4 Å². The van der Waals surface area contributed by atoms with E-state index in [4.69, 9.17) is 13.7 Å². The van der Waals surface area contributed by atoms with Crippen molar-refractivity contribution in [3.05, 3.63) is 71.1 Å². The topological polar surface area (TPSA) is 78.4 Å². The smallest absolute Gasteiger partial charge is 0.310 e. The predicted molar refractivity (Wildman–Crippen MR) is 98.9 cm³/mol. The molecule has 4 rings (SSSR count). The largest absolute Gasteiger partial charge is 0.464 e. The first-order valence-electron chi connectivity index (χ1n) is 8.71. The Morgan fingerprint density at radius 2 is 1.89 bits per heavy atom. The second kappa shape index (κ2) is 7.26. The zero-order chi connectivity index (χ0) is 19.7. The van der Waals surface area contributed by atoms with E-state index >= 15 is 0 Å². The second-order valence-corrected chi connectivity index (χ2v) is 6.55. The molecule has 0 unspecified atom stereocenters. The number of hydrogen-bond acceptors (Lipinski definition) is 6. The first kappa shape index (κ1) is 17.9. The quantitative estimate of drug-likeness (QED) is 0.474. The molecule has 142 valence electrons. The van der Waals surface area contributed by atoms with Crippen LogP contribution in [0.3, 0.4) is 0 Å². The average Bonchev–Trinajstić information content (AvgIpc) is 3.29. The summed E-state index contributed by atoms with van der Waals surface area (Å²) in [7, 11) is 0. The maximum absolute atomic E-state index is 13.0. The maximum atomic E-state index is 13.0. The first-order chi connectivity index (χ1) is 13.5. The molecule has 0 aliphatic heterocycles. The third-order valence-corrected chi connectivity index (χ3v) is 4.53. The van der Waals surface area contributed by atoms with Crippen LogP contribution in [0.2, 0.25) is 0 Å².